The third-order valence-corrected chi connectivity index (χ3v) is 6.70. The lowest BCUT2D eigenvalue weighted by molar-refractivity contribution is 0.231. The van der Waals surface area contributed by atoms with Gasteiger partial charge in [-0.25, -0.2) is 4.98 Å². The average Bonchev–Trinajstić information content (AvgIpc) is 3.15. The van der Waals surface area contributed by atoms with Gasteiger partial charge in [0.1, 0.15) is 5.82 Å². The van der Waals surface area contributed by atoms with Crippen molar-refractivity contribution in [2.24, 2.45) is 0 Å². The van der Waals surface area contributed by atoms with E-state index in [1.807, 2.05) is 35.7 Å². The first-order chi connectivity index (χ1) is 13.9. The van der Waals surface area contributed by atoms with Gasteiger partial charge < -0.3 is 11.5 Å². The maximum absolute atomic E-state index is 12.2. The molecule has 0 radical (unpaired) electrons. The highest BCUT2D eigenvalue weighted by Gasteiger charge is 2.18. The van der Waals surface area contributed by atoms with Gasteiger partial charge in [-0.2, -0.15) is 18.2 Å². The number of nitrogen functional groups attached to an aromatic ring is 2. The number of anilines is 2. The Labute approximate surface area is 172 Å². The second-order valence-electron chi connectivity index (χ2n) is 6.30. The first-order valence-electron chi connectivity index (χ1n) is 8.63. The molecular formula is C20H18N4O3S2. The fraction of sp³-hybridized carbons (Fsp3) is 0.0500. The minimum atomic E-state index is -3.91. The number of nitrogens with one attached hydrogen (secondary N) is 1. The van der Waals surface area contributed by atoms with E-state index in [4.69, 9.17) is 11.5 Å². The van der Waals surface area contributed by atoms with Crippen LogP contribution in [0.1, 0.15) is 0 Å². The normalized spacial score (nSPS) is 11.8. The largest absolute Gasteiger partial charge is 0.399 e. The molecule has 5 N–H and O–H groups in total. The highest BCUT2D eigenvalue weighted by molar-refractivity contribution is 7.86. The number of benzene rings is 2. The first-order valence-corrected chi connectivity index (χ1v) is 10.9. The number of rotatable bonds is 5. The van der Waals surface area contributed by atoms with E-state index in [2.05, 4.69) is 14.7 Å². The molecule has 2 aromatic heterocycles. The molecule has 0 spiro atoms. The number of hydroxylamine groups is 1. The Morgan fingerprint density at radius 2 is 1.79 bits per heavy atom. The fourth-order valence-corrected chi connectivity index (χ4v) is 5.08. The van der Waals surface area contributed by atoms with Gasteiger partial charge >= 0.3 is 10.1 Å². The van der Waals surface area contributed by atoms with Crippen molar-refractivity contribution in [3.8, 4) is 22.3 Å². The first kappa shape index (κ1) is 19.3. The summed E-state index contributed by atoms with van der Waals surface area (Å²) in [5.74, 6) is 0.416. The van der Waals surface area contributed by atoms with Gasteiger partial charge in [-0.05, 0) is 40.8 Å². The molecule has 29 heavy (non-hydrogen) atoms. The van der Waals surface area contributed by atoms with E-state index in [9.17, 15) is 8.42 Å². The van der Waals surface area contributed by atoms with Crippen molar-refractivity contribution < 1.29 is 12.7 Å². The molecule has 0 amide bonds. The second kappa shape index (κ2) is 7.45. The van der Waals surface area contributed by atoms with Crippen LogP contribution in [-0.2, 0) is 14.4 Å². The highest BCUT2D eigenvalue weighted by Crippen LogP contribution is 2.42. The number of hydrogen-bond acceptors (Lipinski definition) is 8. The summed E-state index contributed by atoms with van der Waals surface area (Å²) in [6.45, 7) is 0. The van der Waals surface area contributed by atoms with Crippen molar-refractivity contribution in [2.45, 2.75) is 4.90 Å². The molecule has 7 nitrogen and oxygen atoms in total. The molecule has 0 bridgehead atoms. The van der Waals surface area contributed by atoms with E-state index in [1.165, 1.54) is 24.5 Å². The molecule has 0 aliphatic heterocycles. The lowest BCUT2D eigenvalue weighted by Crippen LogP contribution is -2.15. The minimum Gasteiger partial charge on any atom is -0.399 e. The van der Waals surface area contributed by atoms with Crippen molar-refractivity contribution in [1.29, 1.82) is 0 Å². The molecular weight excluding hydrogens is 408 g/mol. The predicted molar refractivity (Wildman–Crippen MR) is 117 cm³/mol. The summed E-state index contributed by atoms with van der Waals surface area (Å²) >= 11 is 1.53. The van der Waals surface area contributed by atoms with E-state index in [0.29, 0.717) is 17.1 Å². The zero-order valence-corrected chi connectivity index (χ0v) is 17.0. The monoisotopic (exact) mass is 426 g/mol. The maximum Gasteiger partial charge on any atom is 0.312 e. The predicted octanol–water partition coefficient (Wildman–Crippen LogP) is 3.63. The van der Waals surface area contributed by atoms with Gasteiger partial charge in [0.25, 0.3) is 0 Å². The Hall–Kier alpha value is -2.98. The molecule has 4 aromatic rings. The zero-order chi connectivity index (χ0) is 20.6. The number of nitrogens with two attached hydrogens (primary N) is 2. The Bertz CT molecular complexity index is 1300. The van der Waals surface area contributed by atoms with E-state index < -0.39 is 10.1 Å². The highest BCUT2D eigenvalue weighted by atomic mass is 32.2. The molecule has 2 heterocycles. The number of pyridine rings is 1. The van der Waals surface area contributed by atoms with Crippen molar-refractivity contribution in [3.05, 3.63) is 60.1 Å². The lowest BCUT2D eigenvalue weighted by Gasteiger charge is -2.09. The van der Waals surface area contributed by atoms with Crippen LogP contribution in [0.25, 0.3) is 32.3 Å². The van der Waals surface area contributed by atoms with Crippen molar-refractivity contribution >= 4 is 43.0 Å². The van der Waals surface area contributed by atoms with Crippen LogP contribution in [0.4, 0.5) is 11.5 Å². The molecule has 148 valence electrons. The van der Waals surface area contributed by atoms with Gasteiger partial charge in [-0.3, -0.25) is 0 Å². The van der Waals surface area contributed by atoms with E-state index in [1.54, 1.807) is 18.3 Å². The van der Waals surface area contributed by atoms with Gasteiger partial charge in [-0.1, -0.05) is 24.3 Å². The SMILES string of the molecule is CNOS(=O)(=O)c1cccc(-c2cnc(N)c3c(-c4ccc(N)cc4)csc23)c1. The van der Waals surface area contributed by atoms with Crippen LogP contribution >= 0.6 is 11.3 Å². The molecule has 0 atom stereocenters. The molecule has 0 aliphatic rings. The van der Waals surface area contributed by atoms with Crippen LogP contribution in [0.3, 0.4) is 0 Å². The number of hydrogen-bond donors (Lipinski definition) is 3. The second-order valence-corrected chi connectivity index (χ2v) is 8.73. The van der Waals surface area contributed by atoms with Crippen LogP contribution in [0.2, 0.25) is 0 Å². The number of nitrogens with zero attached hydrogens (tertiary/aromatic N) is 1. The van der Waals surface area contributed by atoms with E-state index >= 15 is 0 Å². The lowest BCUT2D eigenvalue weighted by atomic mass is 10.0. The molecule has 2 aromatic carbocycles. The number of fused-ring (bicyclic) bond motifs is 1. The van der Waals surface area contributed by atoms with Crippen molar-refractivity contribution in [3.63, 3.8) is 0 Å². The smallest absolute Gasteiger partial charge is 0.312 e. The summed E-state index contributed by atoms with van der Waals surface area (Å²) in [6, 6.07) is 14.1. The standard InChI is InChI=1S/C20H18N4O3S2/c1-23-27-29(25,26)15-4-2-3-13(9-15)16-10-24-20(22)18-17(11-28-19(16)18)12-5-7-14(21)8-6-12/h2-11,23H,21H2,1H3,(H2,22,24). The van der Waals surface area contributed by atoms with Gasteiger partial charge in [0.2, 0.25) is 0 Å². The summed E-state index contributed by atoms with van der Waals surface area (Å²) in [5, 5.41) is 2.85. The molecule has 0 saturated heterocycles. The van der Waals surface area contributed by atoms with Crippen LogP contribution < -0.4 is 16.9 Å². The van der Waals surface area contributed by atoms with Crippen LogP contribution in [0.5, 0.6) is 0 Å². The topological polar surface area (TPSA) is 120 Å². The third-order valence-electron chi connectivity index (χ3n) is 4.47. The molecule has 9 heteroatoms. The quantitative estimate of drug-likeness (QED) is 0.329. The molecule has 0 aliphatic carbocycles. The number of thiophene rings is 1. The summed E-state index contributed by atoms with van der Waals surface area (Å²) < 4.78 is 30.0. The summed E-state index contributed by atoms with van der Waals surface area (Å²) in [4.78, 5) is 4.40. The molecule has 0 fully saturated rings. The van der Waals surface area contributed by atoms with E-state index in [0.717, 1.165) is 26.8 Å². The Morgan fingerprint density at radius 3 is 2.52 bits per heavy atom. The Morgan fingerprint density at radius 1 is 1.03 bits per heavy atom. The van der Waals surface area contributed by atoms with Gasteiger partial charge in [0.05, 0.1) is 4.90 Å². The zero-order valence-electron chi connectivity index (χ0n) is 15.4. The minimum absolute atomic E-state index is 0.0460. The van der Waals surface area contributed by atoms with Crippen molar-refractivity contribution in [2.75, 3.05) is 18.5 Å². The van der Waals surface area contributed by atoms with Crippen LogP contribution in [0.15, 0.2) is 65.0 Å². The van der Waals surface area contributed by atoms with Crippen LogP contribution in [-0.4, -0.2) is 20.4 Å². The molecule has 4 rings (SSSR count). The van der Waals surface area contributed by atoms with Gasteiger partial charge in [0.15, 0.2) is 0 Å². The summed E-state index contributed by atoms with van der Waals surface area (Å²) in [6.07, 6.45) is 1.66. The van der Waals surface area contributed by atoms with Crippen molar-refractivity contribution in [1.82, 2.24) is 10.5 Å². The Balaban J connectivity index is 1.89. The molecule has 0 saturated carbocycles. The molecule has 0 unspecified atom stereocenters. The van der Waals surface area contributed by atoms with Crippen LogP contribution in [0, 0.1) is 0 Å². The third kappa shape index (κ3) is 3.56. The van der Waals surface area contributed by atoms with Gasteiger partial charge in [0, 0.05) is 40.1 Å². The maximum atomic E-state index is 12.2. The average molecular weight is 427 g/mol. The fourth-order valence-electron chi connectivity index (χ4n) is 3.13. The summed E-state index contributed by atoms with van der Waals surface area (Å²) in [7, 11) is -2.52. The van der Waals surface area contributed by atoms with E-state index in [-0.39, 0.29) is 4.90 Å². The Kier molecular flexibility index (Phi) is 4.97. The van der Waals surface area contributed by atoms with Gasteiger partial charge in [-0.15, -0.1) is 11.3 Å². The number of aromatic nitrogens is 1. The summed E-state index contributed by atoms with van der Waals surface area (Å²) in [5.41, 5.74) is 18.3.